The second kappa shape index (κ2) is 4.02. The molecule has 0 spiro atoms. The molecule has 1 aliphatic rings. The fourth-order valence-electron chi connectivity index (χ4n) is 2.51. The van der Waals surface area contributed by atoms with Crippen molar-refractivity contribution >= 4 is 0 Å². The first-order chi connectivity index (χ1) is 5.99. The molecule has 0 amide bonds. The molecule has 0 bridgehead atoms. The lowest BCUT2D eigenvalue weighted by molar-refractivity contribution is 0.304. The van der Waals surface area contributed by atoms with Crippen LogP contribution in [0, 0.1) is 23.2 Å². The summed E-state index contributed by atoms with van der Waals surface area (Å²) in [6.07, 6.45) is 5.75. The Morgan fingerprint density at radius 1 is 1.38 bits per heavy atom. The van der Waals surface area contributed by atoms with Crippen LogP contribution in [0.2, 0.25) is 0 Å². The van der Waals surface area contributed by atoms with Crippen LogP contribution in [0.25, 0.3) is 0 Å². The second-order valence-electron chi connectivity index (χ2n) is 5.71. The molecule has 78 valence electrons. The van der Waals surface area contributed by atoms with Crippen molar-refractivity contribution in [2.75, 3.05) is 0 Å². The lowest BCUT2D eigenvalue weighted by atomic mass is 9.85. The second-order valence-corrected chi connectivity index (χ2v) is 5.71. The minimum atomic E-state index is 0.725. The van der Waals surface area contributed by atoms with E-state index in [-0.39, 0.29) is 0 Å². The monoisotopic (exact) mass is 182 g/mol. The Bertz CT molecular complexity index is 159. The molecule has 0 aromatic heterocycles. The molecule has 0 N–H and O–H groups in total. The number of hydrogen-bond acceptors (Lipinski definition) is 0. The summed E-state index contributed by atoms with van der Waals surface area (Å²) in [4.78, 5) is 0. The van der Waals surface area contributed by atoms with Crippen LogP contribution in [-0.4, -0.2) is 0 Å². The van der Waals surface area contributed by atoms with Gasteiger partial charge in [0.15, 0.2) is 0 Å². The van der Waals surface area contributed by atoms with Crippen LogP contribution in [0.5, 0.6) is 0 Å². The zero-order valence-corrected chi connectivity index (χ0v) is 10.1. The highest BCUT2D eigenvalue weighted by atomic mass is 14.5. The van der Waals surface area contributed by atoms with Gasteiger partial charge in [0.2, 0.25) is 0 Å². The predicted molar refractivity (Wildman–Crippen MR) is 59.7 cm³/mol. The van der Waals surface area contributed by atoms with Crippen molar-refractivity contribution in [3.05, 3.63) is 0 Å². The van der Waals surface area contributed by atoms with E-state index in [1.165, 1.54) is 25.7 Å². The minimum Gasteiger partial charge on any atom is -0.0651 e. The minimum absolute atomic E-state index is 0.725. The van der Waals surface area contributed by atoms with Crippen molar-refractivity contribution in [2.24, 2.45) is 23.2 Å². The molecule has 0 aromatic rings. The zero-order valence-electron chi connectivity index (χ0n) is 10.1. The first-order valence-corrected chi connectivity index (χ1v) is 5.99. The van der Waals surface area contributed by atoms with E-state index in [9.17, 15) is 0 Å². The van der Waals surface area contributed by atoms with E-state index in [1.54, 1.807) is 0 Å². The third-order valence-electron chi connectivity index (χ3n) is 4.36. The van der Waals surface area contributed by atoms with Crippen molar-refractivity contribution in [1.29, 1.82) is 0 Å². The average Bonchev–Trinajstić information content (AvgIpc) is 2.60. The molecule has 13 heavy (non-hydrogen) atoms. The van der Waals surface area contributed by atoms with Gasteiger partial charge < -0.3 is 0 Å². The first kappa shape index (κ1) is 11.1. The van der Waals surface area contributed by atoms with Crippen LogP contribution >= 0.6 is 0 Å². The van der Waals surface area contributed by atoms with Gasteiger partial charge in [-0.2, -0.15) is 0 Å². The van der Waals surface area contributed by atoms with Crippen LogP contribution in [0.4, 0.5) is 0 Å². The molecular weight excluding hydrogens is 156 g/mol. The van der Waals surface area contributed by atoms with E-state index >= 15 is 0 Å². The predicted octanol–water partition coefficient (Wildman–Crippen LogP) is 4.49. The van der Waals surface area contributed by atoms with Crippen molar-refractivity contribution in [2.45, 2.75) is 60.3 Å². The summed E-state index contributed by atoms with van der Waals surface area (Å²) < 4.78 is 0. The zero-order chi connectivity index (χ0) is 10.1. The van der Waals surface area contributed by atoms with Crippen molar-refractivity contribution in [3.63, 3.8) is 0 Å². The molecule has 0 radical (unpaired) electrons. The Morgan fingerprint density at radius 2 is 1.92 bits per heavy atom. The van der Waals surface area contributed by atoms with E-state index < -0.39 is 0 Å². The Morgan fingerprint density at radius 3 is 2.23 bits per heavy atom. The normalized spacial score (nSPS) is 35.1. The summed E-state index contributed by atoms with van der Waals surface area (Å²) >= 11 is 0. The first-order valence-electron chi connectivity index (χ1n) is 5.99. The molecule has 0 heterocycles. The molecule has 0 aliphatic heterocycles. The number of hydrogen-bond donors (Lipinski definition) is 0. The van der Waals surface area contributed by atoms with E-state index in [1.807, 2.05) is 0 Å². The van der Waals surface area contributed by atoms with E-state index in [0.29, 0.717) is 0 Å². The van der Waals surface area contributed by atoms with E-state index in [2.05, 4.69) is 34.6 Å². The largest absolute Gasteiger partial charge is 0.0651 e. The van der Waals surface area contributed by atoms with Crippen molar-refractivity contribution in [1.82, 2.24) is 0 Å². The highest BCUT2D eigenvalue weighted by Gasteiger charge is 2.45. The molecule has 1 fully saturated rings. The third-order valence-corrected chi connectivity index (χ3v) is 4.36. The molecule has 3 unspecified atom stereocenters. The topological polar surface area (TPSA) is 0 Å². The lowest BCUT2D eigenvalue weighted by Gasteiger charge is -2.21. The van der Waals surface area contributed by atoms with Gasteiger partial charge in [-0.1, -0.05) is 41.0 Å². The molecule has 1 rings (SSSR count). The van der Waals surface area contributed by atoms with Crippen molar-refractivity contribution < 1.29 is 0 Å². The summed E-state index contributed by atoms with van der Waals surface area (Å²) in [5.74, 6) is 2.84. The van der Waals surface area contributed by atoms with Gasteiger partial charge in [-0.05, 0) is 42.4 Å². The van der Waals surface area contributed by atoms with Gasteiger partial charge in [-0.25, -0.2) is 0 Å². The van der Waals surface area contributed by atoms with Gasteiger partial charge in [-0.3, -0.25) is 0 Å². The standard InChI is InChI=1S/C13H26/c1-6-12(10(2)3)7-8-13(5)9-11(13)4/h10-12H,6-9H2,1-5H3. The third kappa shape index (κ3) is 2.72. The highest BCUT2D eigenvalue weighted by molar-refractivity contribution is 4.95. The SMILES string of the molecule is CCC(CCC1(C)CC1C)C(C)C. The Labute approximate surface area is 84.1 Å². The van der Waals surface area contributed by atoms with Crippen LogP contribution in [0.3, 0.4) is 0 Å². The maximum atomic E-state index is 2.46. The van der Waals surface area contributed by atoms with Gasteiger partial charge in [0, 0.05) is 0 Å². The van der Waals surface area contributed by atoms with Gasteiger partial charge in [0.1, 0.15) is 0 Å². The maximum absolute atomic E-state index is 2.46. The van der Waals surface area contributed by atoms with Crippen LogP contribution in [0.1, 0.15) is 60.3 Å². The van der Waals surface area contributed by atoms with Crippen LogP contribution in [0.15, 0.2) is 0 Å². The fourth-order valence-corrected chi connectivity index (χ4v) is 2.51. The summed E-state index contributed by atoms with van der Waals surface area (Å²) in [7, 11) is 0. The molecular formula is C13H26. The number of rotatable bonds is 5. The van der Waals surface area contributed by atoms with Gasteiger partial charge in [-0.15, -0.1) is 0 Å². The summed E-state index contributed by atoms with van der Waals surface area (Å²) in [6.45, 7) is 11.9. The average molecular weight is 182 g/mol. The smallest absolute Gasteiger partial charge is 0.0297 e. The fraction of sp³-hybridized carbons (Fsp3) is 1.00. The Balaban J connectivity index is 2.24. The molecule has 0 nitrogen and oxygen atoms in total. The Kier molecular flexibility index (Phi) is 3.43. The van der Waals surface area contributed by atoms with E-state index in [0.717, 1.165) is 23.2 Å². The highest BCUT2D eigenvalue weighted by Crippen LogP contribution is 2.55. The van der Waals surface area contributed by atoms with Gasteiger partial charge in [0.05, 0.1) is 0 Å². The molecule has 1 aliphatic carbocycles. The molecule has 1 saturated carbocycles. The molecule has 0 saturated heterocycles. The van der Waals surface area contributed by atoms with Crippen LogP contribution < -0.4 is 0 Å². The van der Waals surface area contributed by atoms with E-state index in [4.69, 9.17) is 0 Å². The lowest BCUT2D eigenvalue weighted by Crippen LogP contribution is -2.10. The summed E-state index contributed by atoms with van der Waals surface area (Å²) in [5, 5.41) is 0. The maximum Gasteiger partial charge on any atom is -0.0297 e. The van der Waals surface area contributed by atoms with Gasteiger partial charge >= 0.3 is 0 Å². The molecule has 0 aromatic carbocycles. The van der Waals surface area contributed by atoms with Crippen LogP contribution in [-0.2, 0) is 0 Å². The summed E-state index contributed by atoms with van der Waals surface area (Å²) in [6, 6.07) is 0. The Hall–Kier alpha value is 0. The quantitative estimate of drug-likeness (QED) is 0.587. The summed E-state index contributed by atoms with van der Waals surface area (Å²) in [5.41, 5.74) is 0.725. The molecule has 0 heteroatoms. The molecule has 3 atom stereocenters. The van der Waals surface area contributed by atoms with Gasteiger partial charge in [0.25, 0.3) is 0 Å². The van der Waals surface area contributed by atoms with Crippen molar-refractivity contribution in [3.8, 4) is 0 Å².